The van der Waals surface area contributed by atoms with Gasteiger partial charge >= 0.3 is 6.09 Å². The Hall–Kier alpha value is -1.88. The molecular weight excluding hydrogens is 408 g/mol. The lowest BCUT2D eigenvalue weighted by atomic mass is 9.98. The molecule has 2 amide bonds. The van der Waals surface area contributed by atoms with Crippen molar-refractivity contribution in [3.05, 3.63) is 28.3 Å². The van der Waals surface area contributed by atoms with E-state index < -0.39 is 32.0 Å². The van der Waals surface area contributed by atoms with E-state index in [-0.39, 0.29) is 10.1 Å². The van der Waals surface area contributed by atoms with E-state index in [1.165, 1.54) is 6.07 Å². The summed E-state index contributed by atoms with van der Waals surface area (Å²) in [5.74, 6) is -0.410. The lowest BCUT2D eigenvalue weighted by Crippen LogP contribution is -2.54. The fraction of sp³-hybridized carbons (Fsp3) is 0.571. The Balaban J connectivity index is 1.98. The molecule has 1 heterocycles. The molecule has 1 saturated carbocycles. The van der Waals surface area contributed by atoms with Gasteiger partial charge in [0.15, 0.2) is 8.32 Å². The van der Waals surface area contributed by atoms with Gasteiger partial charge in [-0.25, -0.2) is 9.69 Å². The molecule has 1 aliphatic carbocycles. The highest BCUT2D eigenvalue weighted by atomic mass is 35.5. The maximum Gasteiger partial charge on any atom is 0.422 e. The van der Waals surface area contributed by atoms with Crippen molar-refractivity contribution in [1.29, 1.82) is 5.26 Å². The van der Waals surface area contributed by atoms with Crippen LogP contribution in [0.1, 0.15) is 51.2 Å². The molecule has 1 aliphatic heterocycles. The van der Waals surface area contributed by atoms with Crippen LogP contribution in [0.2, 0.25) is 23.2 Å². The first-order valence-electron chi connectivity index (χ1n) is 9.80. The SMILES string of the molecule is Cc1c(N2C(=O)OC3(CCCC3O[Si](C)(C)C(C)(C)C)C2=O)ccc(C#N)c1Cl. The molecule has 1 saturated heterocycles. The number of hydrogen-bond acceptors (Lipinski definition) is 5. The molecule has 1 spiro atoms. The second kappa shape index (κ2) is 7.12. The average Bonchev–Trinajstić information content (AvgIpc) is 3.11. The van der Waals surface area contributed by atoms with Crippen molar-refractivity contribution < 1.29 is 18.8 Å². The minimum atomic E-state index is -2.17. The molecule has 2 unspecified atom stereocenters. The number of carbonyl (C=O) groups is 2. The predicted octanol–water partition coefficient (Wildman–Crippen LogP) is 5.32. The lowest BCUT2D eigenvalue weighted by molar-refractivity contribution is -0.136. The average molecular weight is 435 g/mol. The predicted molar refractivity (Wildman–Crippen MR) is 114 cm³/mol. The third-order valence-electron chi connectivity index (χ3n) is 6.51. The normalized spacial score (nSPS) is 24.9. The van der Waals surface area contributed by atoms with Crippen LogP contribution >= 0.6 is 11.6 Å². The number of halogens is 1. The molecule has 0 radical (unpaired) electrons. The van der Waals surface area contributed by atoms with Crippen molar-refractivity contribution in [3.8, 4) is 6.07 Å². The van der Waals surface area contributed by atoms with Crippen molar-refractivity contribution in [2.75, 3.05) is 4.90 Å². The van der Waals surface area contributed by atoms with E-state index in [0.29, 0.717) is 29.7 Å². The summed E-state index contributed by atoms with van der Waals surface area (Å²) in [7, 11) is -2.17. The zero-order valence-corrected chi connectivity index (χ0v) is 19.5. The van der Waals surface area contributed by atoms with Crippen LogP contribution in [0.15, 0.2) is 12.1 Å². The first-order chi connectivity index (χ1) is 13.4. The second-order valence-corrected chi connectivity index (χ2v) is 14.5. The number of rotatable bonds is 3. The Kier molecular flexibility index (Phi) is 5.35. The number of carbonyl (C=O) groups excluding carboxylic acids is 2. The van der Waals surface area contributed by atoms with Crippen molar-refractivity contribution in [3.63, 3.8) is 0 Å². The number of hydrogen-bond donors (Lipinski definition) is 0. The van der Waals surface area contributed by atoms with Crippen LogP contribution < -0.4 is 4.90 Å². The van der Waals surface area contributed by atoms with Gasteiger partial charge < -0.3 is 9.16 Å². The molecule has 29 heavy (non-hydrogen) atoms. The van der Waals surface area contributed by atoms with Gasteiger partial charge in [-0.15, -0.1) is 0 Å². The summed E-state index contributed by atoms with van der Waals surface area (Å²) in [6.45, 7) is 12.3. The Morgan fingerprint density at radius 3 is 2.59 bits per heavy atom. The van der Waals surface area contributed by atoms with Gasteiger partial charge in [-0.2, -0.15) is 5.26 Å². The van der Waals surface area contributed by atoms with Crippen LogP contribution in [0.3, 0.4) is 0 Å². The van der Waals surface area contributed by atoms with E-state index in [9.17, 15) is 9.59 Å². The molecule has 0 bridgehead atoms. The van der Waals surface area contributed by atoms with Gasteiger partial charge in [0.25, 0.3) is 5.91 Å². The summed E-state index contributed by atoms with van der Waals surface area (Å²) >= 11 is 6.26. The highest BCUT2D eigenvalue weighted by Gasteiger charge is 2.63. The van der Waals surface area contributed by atoms with E-state index in [4.69, 9.17) is 26.0 Å². The topological polar surface area (TPSA) is 79.6 Å². The first-order valence-corrected chi connectivity index (χ1v) is 13.1. The highest BCUT2D eigenvalue weighted by Crippen LogP contribution is 2.47. The van der Waals surface area contributed by atoms with Gasteiger partial charge in [0.1, 0.15) is 6.07 Å². The number of anilines is 1. The van der Waals surface area contributed by atoms with Crippen LogP contribution in [0.25, 0.3) is 0 Å². The summed E-state index contributed by atoms with van der Waals surface area (Å²) in [5, 5.41) is 9.36. The number of benzene rings is 1. The summed E-state index contributed by atoms with van der Waals surface area (Å²) in [6.07, 6.45) is 0.686. The van der Waals surface area contributed by atoms with Crippen molar-refractivity contribution in [1.82, 2.24) is 0 Å². The summed E-state index contributed by atoms with van der Waals surface area (Å²) in [4.78, 5) is 27.4. The van der Waals surface area contributed by atoms with Gasteiger partial charge in [-0.05, 0) is 62.0 Å². The minimum Gasteiger partial charge on any atom is -0.429 e. The molecule has 3 rings (SSSR count). The molecule has 1 aromatic rings. The molecule has 0 aromatic heterocycles. The maximum atomic E-state index is 13.5. The van der Waals surface area contributed by atoms with E-state index in [1.807, 2.05) is 6.07 Å². The quantitative estimate of drug-likeness (QED) is 0.601. The van der Waals surface area contributed by atoms with Gasteiger partial charge in [0.05, 0.1) is 22.4 Å². The number of nitriles is 1. The third-order valence-corrected chi connectivity index (χ3v) is 11.5. The standard InChI is InChI=1S/C21H27ClN2O4Si/c1-13-15(10-9-14(12-23)17(13)22)24-18(25)21(27-19(24)26)11-7-8-16(21)28-29(5,6)20(2,3)4/h9-10,16H,7-8,11H2,1-6H3. The monoisotopic (exact) mass is 434 g/mol. The summed E-state index contributed by atoms with van der Waals surface area (Å²) < 4.78 is 12.3. The largest absolute Gasteiger partial charge is 0.429 e. The highest BCUT2D eigenvalue weighted by molar-refractivity contribution is 6.74. The molecule has 0 N–H and O–H groups in total. The van der Waals surface area contributed by atoms with Gasteiger partial charge in [-0.3, -0.25) is 4.79 Å². The van der Waals surface area contributed by atoms with Gasteiger partial charge in [-0.1, -0.05) is 32.4 Å². The minimum absolute atomic E-state index is 0.0284. The molecule has 6 nitrogen and oxygen atoms in total. The smallest absolute Gasteiger partial charge is 0.422 e. The Morgan fingerprint density at radius 2 is 2.00 bits per heavy atom. The molecule has 2 atom stereocenters. The van der Waals surface area contributed by atoms with Crippen molar-refractivity contribution >= 4 is 37.6 Å². The van der Waals surface area contributed by atoms with E-state index in [0.717, 1.165) is 11.3 Å². The molecule has 8 heteroatoms. The molecule has 2 fully saturated rings. The van der Waals surface area contributed by atoms with Crippen LogP contribution in [-0.2, 0) is 14.0 Å². The number of ether oxygens (including phenoxy) is 1. The first kappa shape index (κ1) is 21.8. The summed E-state index contributed by atoms with van der Waals surface area (Å²) in [6, 6.07) is 5.08. The van der Waals surface area contributed by atoms with Crippen molar-refractivity contribution in [2.45, 2.75) is 76.8 Å². The number of imide groups is 1. The third kappa shape index (κ3) is 3.37. The molecule has 2 aliphatic rings. The van der Waals surface area contributed by atoms with E-state index >= 15 is 0 Å². The fourth-order valence-corrected chi connectivity index (χ4v) is 5.30. The zero-order valence-electron chi connectivity index (χ0n) is 17.8. The Bertz CT molecular complexity index is 918. The van der Waals surface area contributed by atoms with E-state index in [1.54, 1.807) is 13.0 Å². The van der Waals surface area contributed by atoms with Crippen LogP contribution in [-0.4, -0.2) is 32.0 Å². The molecule has 156 valence electrons. The summed E-state index contributed by atoms with van der Waals surface area (Å²) in [5.41, 5.74) is -0.159. The van der Waals surface area contributed by atoms with E-state index in [2.05, 4.69) is 33.9 Å². The molecular formula is C21H27ClN2O4Si. The van der Waals surface area contributed by atoms with Crippen LogP contribution in [0.4, 0.5) is 10.5 Å². The van der Waals surface area contributed by atoms with Gasteiger partial charge in [0, 0.05) is 0 Å². The second-order valence-electron chi connectivity index (χ2n) is 9.34. The van der Waals surface area contributed by atoms with Gasteiger partial charge in [0.2, 0.25) is 5.60 Å². The van der Waals surface area contributed by atoms with Crippen LogP contribution in [0, 0.1) is 18.3 Å². The maximum absolute atomic E-state index is 13.5. The Morgan fingerprint density at radius 1 is 1.34 bits per heavy atom. The molecule has 1 aromatic carbocycles. The van der Waals surface area contributed by atoms with Crippen molar-refractivity contribution in [2.24, 2.45) is 0 Å². The zero-order chi connectivity index (χ0) is 21.8. The Labute approximate surface area is 177 Å². The fourth-order valence-electron chi connectivity index (χ4n) is 3.72. The number of amides is 2. The van der Waals surface area contributed by atoms with Crippen LogP contribution in [0.5, 0.6) is 0 Å². The lowest BCUT2D eigenvalue weighted by Gasteiger charge is -2.41. The number of nitrogens with zero attached hydrogens (tertiary/aromatic N) is 2.